The minimum atomic E-state index is 0.392. The lowest BCUT2D eigenvalue weighted by molar-refractivity contribution is 0.981. The number of rotatable bonds is 2. The maximum atomic E-state index is 8.82. The minimum absolute atomic E-state index is 0.392. The molecule has 0 atom stereocenters. The van der Waals surface area contributed by atoms with Crippen LogP contribution in [0.5, 0.6) is 0 Å². The summed E-state index contributed by atoms with van der Waals surface area (Å²) in [5.41, 5.74) is 6.62. The third kappa shape index (κ3) is 2.13. The SMILES string of the molecule is Cc1nnc(Sc2nccc(C#N)c2N)s1. The summed E-state index contributed by atoms with van der Waals surface area (Å²) in [4.78, 5) is 4.12. The van der Waals surface area contributed by atoms with E-state index < -0.39 is 0 Å². The van der Waals surface area contributed by atoms with Crippen LogP contribution >= 0.6 is 23.1 Å². The number of hydrogen-bond donors (Lipinski definition) is 1. The Morgan fingerprint density at radius 3 is 2.94 bits per heavy atom. The minimum Gasteiger partial charge on any atom is -0.395 e. The Bertz CT molecular complexity index is 557. The number of nitrogens with two attached hydrogens (primary N) is 1. The van der Waals surface area contributed by atoms with Gasteiger partial charge in [0.25, 0.3) is 0 Å². The number of nitriles is 1. The summed E-state index contributed by atoms with van der Waals surface area (Å²) in [5.74, 6) is 0. The van der Waals surface area contributed by atoms with Crippen LogP contribution in [-0.4, -0.2) is 15.2 Å². The van der Waals surface area contributed by atoms with Gasteiger partial charge in [-0.15, -0.1) is 10.2 Å². The normalized spacial score (nSPS) is 10.0. The van der Waals surface area contributed by atoms with Crippen molar-refractivity contribution < 1.29 is 0 Å². The highest BCUT2D eigenvalue weighted by Gasteiger charge is 2.10. The molecular formula is C9H7N5S2. The van der Waals surface area contributed by atoms with E-state index in [9.17, 15) is 0 Å². The van der Waals surface area contributed by atoms with Crippen LogP contribution < -0.4 is 5.73 Å². The average molecular weight is 249 g/mol. The molecule has 80 valence electrons. The highest BCUT2D eigenvalue weighted by molar-refractivity contribution is 8.01. The maximum Gasteiger partial charge on any atom is 0.180 e. The summed E-state index contributed by atoms with van der Waals surface area (Å²) in [6.45, 7) is 1.88. The van der Waals surface area contributed by atoms with E-state index in [-0.39, 0.29) is 0 Å². The molecule has 0 spiro atoms. The average Bonchev–Trinajstić information content (AvgIpc) is 2.67. The Hall–Kier alpha value is -1.65. The van der Waals surface area contributed by atoms with Crippen LogP contribution in [0.1, 0.15) is 10.6 Å². The van der Waals surface area contributed by atoms with Gasteiger partial charge in [0, 0.05) is 6.20 Å². The maximum absolute atomic E-state index is 8.82. The molecule has 0 aliphatic heterocycles. The topological polar surface area (TPSA) is 88.5 Å². The first kappa shape index (κ1) is 10.9. The fraction of sp³-hybridized carbons (Fsp3) is 0.111. The second-order valence-electron chi connectivity index (χ2n) is 2.88. The molecule has 0 aromatic carbocycles. The van der Waals surface area contributed by atoms with Gasteiger partial charge in [0.1, 0.15) is 16.1 Å². The van der Waals surface area contributed by atoms with Crippen LogP contribution in [0.4, 0.5) is 5.69 Å². The van der Waals surface area contributed by atoms with Crippen LogP contribution in [-0.2, 0) is 0 Å². The first-order valence-electron chi connectivity index (χ1n) is 4.33. The van der Waals surface area contributed by atoms with Crippen LogP contribution in [0.3, 0.4) is 0 Å². The fourth-order valence-electron chi connectivity index (χ4n) is 1.04. The molecule has 0 aliphatic carbocycles. The van der Waals surface area contributed by atoms with E-state index in [4.69, 9.17) is 11.0 Å². The molecule has 0 fully saturated rings. The van der Waals surface area contributed by atoms with Crippen molar-refractivity contribution in [2.75, 3.05) is 5.73 Å². The molecule has 2 heterocycles. The first-order valence-corrected chi connectivity index (χ1v) is 5.96. The van der Waals surface area contributed by atoms with E-state index >= 15 is 0 Å². The van der Waals surface area contributed by atoms with Crippen molar-refractivity contribution in [3.8, 4) is 6.07 Å². The Morgan fingerprint density at radius 1 is 1.50 bits per heavy atom. The molecule has 5 nitrogen and oxygen atoms in total. The predicted octanol–water partition coefficient (Wildman–Crippen LogP) is 1.85. The molecule has 16 heavy (non-hydrogen) atoms. The second kappa shape index (κ2) is 4.47. The summed E-state index contributed by atoms with van der Waals surface area (Å²) in [6, 6.07) is 3.60. The van der Waals surface area contributed by atoms with Gasteiger partial charge >= 0.3 is 0 Å². The summed E-state index contributed by atoms with van der Waals surface area (Å²) < 4.78 is 0.770. The fourth-order valence-corrected chi connectivity index (χ4v) is 2.80. The molecular weight excluding hydrogens is 242 g/mol. The molecule has 2 aromatic heterocycles. The summed E-state index contributed by atoms with van der Waals surface area (Å²) in [7, 11) is 0. The van der Waals surface area contributed by atoms with Gasteiger partial charge in [-0.3, -0.25) is 0 Å². The zero-order chi connectivity index (χ0) is 11.5. The van der Waals surface area contributed by atoms with E-state index in [1.54, 1.807) is 12.3 Å². The van der Waals surface area contributed by atoms with Crippen molar-refractivity contribution in [1.82, 2.24) is 15.2 Å². The quantitative estimate of drug-likeness (QED) is 0.873. The number of anilines is 1. The molecule has 0 saturated carbocycles. The highest BCUT2D eigenvalue weighted by Crippen LogP contribution is 2.33. The number of hydrogen-bond acceptors (Lipinski definition) is 7. The van der Waals surface area contributed by atoms with Gasteiger partial charge in [0.15, 0.2) is 4.34 Å². The van der Waals surface area contributed by atoms with Crippen LogP contribution in [0.15, 0.2) is 21.6 Å². The molecule has 2 rings (SSSR count). The third-order valence-corrected chi connectivity index (χ3v) is 3.67. The largest absolute Gasteiger partial charge is 0.395 e. The molecule has 2 aromatic rings. The lowest BCUT2D eigenvalue weighted by Crippen LogP contribution is -1.95. The third-order valence-electron chi connectivity index (χ3n) is 1.77. The number of aromatic nitrogens is 3. The molecule has 7 heteroatoms. The van der Waals surface area contributed by atoms with E-state index in [0.717, 1.165) is 9.35 Å². The van der Waals surface area contributed by atoms with Crippen LogP contribution in [0.25, 0.3) is 0 Å². The van der Waals surface area contributed by atoms with E-state index in [2.05, 4.69) is 15.2 Å². The van der Waals surface area contributed by atoms with E-state index in [1.165, 1.54) is 23.1 Å². The monoisotopic (exact) mass is 249 g/mol. The van der Waals surface area contributed by atoms with Gasteiger partial charge in [-0.2, -0.15) is 5.26 Å². The van der Waals surface area contributed by atoms with E-state index in [1.807, 2.05) is 13.0 Å². The number of pyridine rings is 1. The smallest absolute Gasteiger partial charge is 0.180 e. The molecule has 0 unspecified atom stereocenters. The first-order chi connectivity index (χ1) is 7.70. The summed E-state index contributed by atoms with van der Waals surface area (Å²) in [6.07, 6.45) is 1.56. The molecule has 0 amide bonds. The molecule has 2 N–H and O–H groups in total. The van der Waals surface area contributed by atoms with Gasteiger partial charge in [0.05, 0.1) is 11.3 Å². The lowest BCUT2D eigenvalue weighted by atomic mass is 10.2. The predicted molar refractivity (Wildman–Crippen MR) is 62.1 cm³/mol. The Kier molecular flexibility index (Phi) is 3.03. The summed E-state index contributed by atoms with van der Waals surface area (Å²) in [5, 5.41) is 18.2. The standard InChI is InChI=1S/C9H7N5S2/c1-5-13-14-9(15-5)16-8-7(11)6(4-10)2-3-12-8/h2-3H,11H2,1H3. The number of aryl methyl sites for hydroxylation is 1. The summed E-state index contributed by atoms with van der Waals surface area (Å²) >= 11 is 2.79. The van der Waals surface area contributed by atoms with Gasteiger partial charge in [-0.1, -0.05) is 11.3 Å². The van der Waals surface area contributed by atoms with Gasteiger partial charge in [-0.05, 0) is 24.8 Å². The number of nitrogen functional groups attached to an aromatic ring is 1. The zero-order valence-corrected chi connectivity index (χ0v) is 9.97. The van der Waals surface area contributed by atoms with Crippen molar-refractivity contribution in [3.05, 3.63) is 22.8 Å². The van der Waals surface area contributed by atoms with Crippen molar-refractivity contribution in [2.24, 2.45) is 0 Å². The molecule has 0 saturated heterocycles. The molecule has 0 radical (unpaired) electrons. The van der Waals surface area contributed by atoms with Crippen molar-refractivity contribution >= 4 is 28.8 Å². The second-order valence-corrected chi connectivity index (χ2v) is 5.30. The Balaban J connectivity index is 2.32. The van der Waals surface area contributed by atoms with Crippen molar-refractivity contribution in [1.29, 1.82) is 5.26 Å². The Morgan fingerprint density at radius 2 is 2.31 bits per heavy atom. The van der Waals surface area contributed by atoms with Crippen LogP contribution in [0.2, 0.25) is 0 Å². The lowest BCUT2D eigenvalue weighted by Gasteiger charge is -2.02. The van der Waals surface area contributed by atoms with Gasteiger partial charge in [-0.25, -0.2) is 4.98 Å². The molecule has 0 aliphatic rings. The van der Waals surface area contributed by atoms with Crippen molar-refractivity contribution in [3.63, 3.8) is 0 Å². The van der Waals surface area contributed by atoms with Gasteiger partial charge < -0.3 is 5.73 Å². The number of nitrogens with zero attached hydrogens (tertiary/aromatic N) is 4. The Labute approximate surface area is 100 Å². The van der Waals surface area contributed by atoms with Gasteiger partial charge in [0.2, 0.25) is 0 Å². The van der Waals surface area contributed by atoms with Crippen LogP contribution in [0, 0.1) is 18.3 Å². The van der Waals surface area contributed by atoms with Crippen molar-refractivity contribution in [2.45, 2.75) is 16.3 Å². The highest BCUT2D eigenvalue weighted by atomic mass is 32.2. The zero-order valence-electron chi connectivity index (χ0n) is 8.34. The van der Waals surface area contributed by atoms with E-state index in [0.29, 0.717) is 16.3 Å². The molecule has 0 bridgehead atoms.